The summed E-state index contributed by atoms with van der Waals surface area (Å²) in [4.78, 5) is 0. The van der Waals surface area contributed by atoms with Crippen LogP contribution in [-0.4, -0.2) is 11.8 Å². The van der Waals surface area contributed by atoms with E-state index in [0.717, 1.165) is 28.0 Å². The number of nitriles is 1. The van der Waals surface area contributed by atoms with Gasteiger partial charge in [0.25, 0.3) is 0 Å². The summed E-state index contributed by atoms with van der Waals surface area (Å²) in [5, 5.41) is 9.45. The molecule has 108 valence electrons. The van der Waals surface area contributed by atoms with Crippen LogP contribution in [0.3, 0.4) is 0 Å². The maximum atomic E-state index is 9.45. The van der Waals surface area contributed by atoms with Gasteiger partial charge in [-0.3, -0.25) is 4.68 Å². The standard InChI is InChI=1S/C18H15N3O/c1-22-15-9-7-14(8-10-15)18-16(12-21(20)17(18)11-19)13-5-3-2-4-6-13/h2-10,12H,20H2,1H3. The van der Waals surface area contributed by atoms with Crippen LogP contribution in [-0.2, 0) is 0 Å². The predicted molar refractivity (Wildman–Crippen MR) is 86.7 cm³/mol. The molecule has 22 heavy (non-hydrogen) atoms. The Morgan fingerprint density at radius 2 is 1.68 bits per heavy atom. The summed E-state index contributed by atoms with van der Waals surface area (Å²) in [6.07, 6.45) is 1.79. The largest absolute Gasteiger partial charge is 0.497 e. The Morgan fingerprint density at radius 1 is 1.00 bits per heavy atom. The van der Waals surface area contributed by atoms with E-state index < -0.39 is 0 Å². The fraction of sp³-hybridized carbons (Fsp3) is 0.0556. The second-order valence-corrected chi connectivity index (χ2v) is 4.88. The second-order valence-electron chi connectivity index (χ2n) is 4.88. The van der Waals surface area contributed by atoms with Crippen LogP contribution in [0.15, 0.2) is 60.8 Å². The molecule has 0 aliphatic rings. The number of benzene rings is 2. The van der Waals surface area contributed by atoms with Gasteiger partial charge in [-0.25, -0.2) is 0 Å². The van der Waals surface area contributed by atoms with E-state index in [9.17, 15) is 5.26 Å². The Bertz CT molecular complexity index is 827. The van der Waals surface area contributed by atoms with Gasteiger partial charge in [0.05, 0.1) is 7.11 Å². The van der Waals surface area contributed by atoms with Gasteiger partial charge in [-0.1, -0.05) is 42.5 Å². The molecular weight excluding hydrogens is 274 g/mol. The third kappa shape index (κ3) is 2.29. The minimum atomic E-state index is 0.434. The van der Waals surface area contributed by atoms with Crippen LogP contribution in [0, 0.1) is 11.3 Å². The molecule has 4 nitrogen and oxygen atoms in total. The molecule has 2 aromatic carbocycles. The number of ether oxygens (including phenoxy) is 1. The van der Waals surface area contributed by atoms with Gasteiger partial charge in [0.1, 0.15) is 17.5 Å². The van der Waals surface area contributed by atoms with Crippen molar-refractivity contribution in [3.8, 4) is 34.1 Å². The summed E-state index contributed by atoms with van der Waals surface area (Å²) in [6.45, 7) is 0. The number of rotatable bonds is 3. The van der Waals surface area contributed by atoms with E-state index >= 15 is 0 Å². The van der Waals surface area contributed by atoms with E-state index in [1.165, 1.54) is 4.68 Å². The van der Waals surface area contributed by atoms with E-state index in [4.69, 9.17) is 10.6 Å². The second kappa shape index (κ2) is 5.66. The number of hydrogen-bond donors (Lipinski definition) is 1. The lowest BCUT2D eigenvalue weighted by atomic mass is 9.97. The number of methoxy groups -OCH3 is 1. The quantitative estimate of drug-likeness (QED) is 0.751. The SMILES string of the molecule is COc1ccc(-c2c(-c3ccccc3)cn(N)c2C#N)cc1. The summed E-state index contributed by atoms with van der Waals surface area (Å²) in [7, 11) is 1.63. The van der Waals surface area contributed by atoms with Crippen LogP contribution >= 0.6 is 0 Å². The molecule has 0 bridgehead atoms. The molecule has 0 aliphatic carbocycles. The van der Waals surface area contributed by atoms with Crippen molar-refractivity contribution in [3.63, 3.8) is 0 Å². The molecule has 0 spiro atoms. The van der Waals surface area contributed by atoms with Crippen molar-refractivity contribution >= 4 is 0 Å². The van der Waals surface area contributed by atoms with Crippen LogP contribution < -0.4 is 10.6 Å². The molecule has 3 rings (SSSR count). The van der Waals surface area contributed by atoms with Crippen molar-refractivity contribution in [1.29, 1.82) is 5.26 Å². The number of nitrogen functional groups attached to an aromatic ring is 1. The zero-order chi connectivity index (χ0) is 15.5. The topological polar surface area (TPSA) is 64.0 Å². The molecule has 0 unspecified atom stereocenters. The van der Waals surface area contributed by atoms with Crippen LogP contribution in [0.1, 0.15) is 5.69 Å². The normalized spacial score (nSPS) is 10.2. The Balaban J connectivity index is 2.22. The number of nitrogens with two attached hydrogens (primary N) is 1. The highest BCUT2D eigenvalue weighted by Crippen LogP contribution is 2.36. The lowest BCUT2D eigenvalue weighted by molar-refractivity contribution is 0.415. The fourth-order valence-electron chi connectivity index (χ4n) is 2.52. The third-order valence-electron chi connectivity index (χ3n) is 3.60. The van der Waals surface area contributed by atoms with Crippen LogP contribution in [0.25, 0.3) is 22.3 Å². The van der Waals surface area contributed by atoms with Gasteiger partial charge in [-0.05, 0) is 23.3 Å². The smallest absolute Gasteiger partial charge is 0.147 e. The minimum Gasteiger partial charge on any atom is -0.497 e. The van der Waals surface area contributed by atoms with Crippen molar-refractivity contribution in [2.24, 2.45) is 0 Å². The monoisotopic (exact) mass is 289 g/mol. The molecule has 0 saturated heterocycles. The third-order valence-corrected chi connectivity index (χ3v) is 3.60. The van der Waals surface area contributed by atoms with Gasteiger partial charge in [0, 0.05) is 17.3 Å². The first-order valence-corrected chi connectivity index (χ1v) is 6.85. The van der Waals surface area contributed by atoms with Gasteiger partial charge in [0.2, 0.25) is 0 Å². The van der Waals surface area contributed by atoms with E-state index in [2.05, 4.69) is 6.07 Å². The fourth-order valence-corrected chi connectivity index (χ4v) is 2.52. The minimum absolute atomic E-state index is 0.434. The number of aromatic nitrogens is 1. The molecule has 1 heterocycles. The van der Waals surface area contributed by atoms with Gasteiger partial charge >= 0.3 is 0 Å². The highest BCUT2D eigenvalue weighted by molar-refractivity contribution is 5.87. The molecule has 0 fully saturated rings. The van der Waals surface area contributed by atoms with Crippen molar-refractivity contribution in [1.82, 2.24) is 4.68 Å². The molecule has 0 amide bonds. The van der Waals surface area contributed by atoms with Crippen molar-refractivity contribution < 1.29 is 4.74 Å². The first kappa shape index (κ1) is 13.8. The van der Waals surface area contributed by atoms with Crippen LogP contribution in [0.2, 0.25) is 0 Å². The van der Waals surface area contributed by atoms with E-state index in [-0.39, 0.29) is 0 Å². The Morgan fingerprint density at radius 3 is 2.27 bits per heavy atom. The summed E-state index contributed by atoms with van der Waals surface area (Å²) in [6, 6.07) is 19.7. The molecular formula is C18H15N3O. The Labute approximate surface area is 129 Å². The maximum Gasteiger partial charge on any atom is 0.147 e. The van der Waals surface area contributed by atoms with Gasteiger partial charge in [-0.15, -0.1) is 0 Å². The molecule has 0 atom stereocenters. The van der Waals surface area contributed by atoms with Crippen LogP contribution in [0.5, 0.6) is 5.75 Å². The molecule has 3 aromatic rings. The summed E-state index contributed by atoms with van der Waals surface area (Å²) in [5.41, 5.74) is 4.15. The van der Waals surface area contributed by atoms with Gasteiger partial charge in [-0.2, -0.15) is 5.26 Å². The Hall–Kier alpha value is -3.19. The molecule has 2 N–H and O–H groups in total. The zero-order valence-electron chi connectivity index (χ0n) is 12.2. The average Bonchev–Trinajstić information content (AvgIpc) is 2.92. The first-order valence-electron chi connectivity index (χ1n) is 6.85. The highest BCUT2D eigenvalue weighted by Gasteiger charge is 2.17. The first-order chi connectivity index (χ1) is 10.7. The van der Waals surface area contributed by atoms with Crippen molar-refractivity contribution in [2.45, 2.75) is 0 Å². The zero-order valence-corrected chi connectivity index (χ0v) is 12.2. The molecule has 0 aliphatic heterocycles. The summed E-state index contributed by atoms with van der Waals surface area (Å²) < 4.78 is 6.56. The summed E-state index contributed by atoms with van der Waals surface area (Å²) in [5.74, 6) is 6.73. The average molecular weight is 289 g/mol. The predicted octanol–water partition coefficient (Wildman–Crippen LogP) is 3.42. The molecule has 0 saturated carbocycles. The lowest BCUT2D eigenvalue weighted by Gasteiger charge is -2.06. The van der Waals surface area contributed by atoms with E-state index in [1.807, 2.05) is 54.6 Å². The molecule has 1 aromatic heterocycles. The molecule has 0 radical (unpaired) electrons. The van der Waals surface area contributed by atoms with Gasteiger partial charge < -0.3 is 10.6 Å². The maximum absolute atomic E-state index is 9.45. The van der Waals surface area contributed by atoms with E-state index in [0.29, 0.717) is 5.69 Å². The highest BCUT2D eigenvalue weighted by atomic mass is 16.5. The Kier molecular flexibility index (Phi) is 3.55. The van der Waals surface area contributed by atoms with Crippen molar-refractivity contribution in [2.75, 3.05) is 13.0 Å². The van der Waals surface area contributed by atoms with Gasteiger partial charge in [0.15, 0.2) is 0 Å². The lowest BCUT2D eigenvalue weighted by Crippen LogP contribution is -2.08. The molecule has 4 heteroatoms. The number of hydrogen-bond acceptors (Lipinski definition) is 3. The number of nitrogens with zero attached hydrogens (tertiary/aromatic N) is 2. The van der Waals surface area contributed by atoms with Crippen molar-refractivity contribution in [3.05, 3.63) is 66.5 Å². The van der Waals surface area contributed by atoms with E-state index in [1.54, 1.807) is 13.3 Å². The van der Waals surface area contributed by atoms with Crippen LogP contribution in [0.4, 0.5) is 0 Å². The summed E-state index contributed by atoms with van der Waals surface area (Å²) >= 11 is 0.